The minimum Gasteiger partial charge on any atom is -0.387 e. The van der Waals surface area contributed by atoms with Gasteiger partial charge in [0.1, 0.15) is 0 Å². The lowest BCUT2D eigenvalue weighted by atomic mass is 10.0. The molecule has 1 amide bonds. The van der Waals surface area contributed by atoms with Crippen LogP contribution in [0.25, 0.3) is 0 Å². The smallest absolute Gasteiger partial charge is 0.387 e. The van der Waals surface area contributed by atoms with Gasteiger partial charge in [-0.1, -0.05) is 159 Å². The quantitative estimate of drug-likeness (QED) is 0.0286. The zero-order valence-corrected chi connectivity index (χ0v) is 32.6. The molecule has 288 valence electrons. The van der Waals surface area contributed by atoms with Crippen molar-refractivity contribution in [3.8, 4) is 0 Å². The van der Waals surface area contributed by atoms with E-state index in [-0.39, 0.29) is 25.7 Å². The number of amides is 1. The molecule has 0 fully saturated rings. The lowest BCUT2D eigenvalue weighted by Crippen LogP contribution is -2.45. The van der Waals surface area contributed by atoms with Crippen LogP contribution in [0.1, 0.15) is 181 Å². The van der Waals surface area contributed by atoms with E-state index >= 15 is 0 Å². The number of hydrogen-bond donors (Lipinski definition) is 4. The number of nitrogens with two attached hydrogens (primary N) is 1. The maximum atomic E-state index is 12.6. The van der Waals surface area contributed by atoms with Crippen molar-refractivity contribution < 1.29 is 28.4 Å². The zero-order chi connectivity index (χ0) is 36.1. The Balaban J connectivity index is 4.26. The average Bonchev–Trinajstić information content (AvgIpc) is 3.09. The molecule has 49 heavy (non-hydrogen) atoms. The Kier molecular flexibility index (Phi) is 35.6. The van der Waals surface area contributed by atoms with E-state index in [0.717, 1.165) is 64.2 Å². The summed E-state index contributed by atoms with van der Waals surface area (Å²) in [5, 5.41) is 13.6. The van der Waals surface area contributed by atoms with Crippen molar-refractivity contribution in [2.24, 2.45) is 5.73 Å². The van der Waals surface area contributed by atoms with E-state index in [1.807, 2.05) is 6.08 Å². The van der Waals surface area contributed by atoms with Gasteiger partial charge in [0.15, 0.2) is 0 Å². The molecule has 0 bridgehead atoms. The minimum atomic E-state index is -4.34. The first-order valence-corrected chi connectivity index (χ1v) is 21.6. The van der Waals surface area contributed by atoms with Gasteiger partial charge in [0.25, 0.3) is 0 Å². The summed E-state index contributed by atoms with van der Waals surface area (Å²) < 4.78 is 22.0. The Morgan fingerprint density at radius 3 is 1.65 bits per heavy atom. The maximum Gasteiger partial charge on any atom is 0.472 e. The average molecular weight is 713 g/mol. The number of aliphatic hydroxyl groups excluding tert-OH is 1. The van der Waals surface area contributed by atoms with Gasteiger partial charge < -0.3 is 21.1 Å². The molecule has 3 unspecified atom stereocenters. The number of unbranched alkanes of at least 4 members (excludes halogenated alkanes) is 21. The fourth-order valence-electron chi connectivity index (χ4n) is 5.62. The predicted octanol–water partition coefficient (Wildman–Crippen LogP) is 10.8. The molecule has 9 heteroatoms. The first kappa shape index (κ1) is 47.7. The Hall–Kier alpha value is -1.28. The third-order valence-electron chi connectivity index (χ3n) is 8.67. The molecule has 0 aliphatic carbocycles. The second kappa shape index (κ2) is 36.5. The van der Waals surface area contributed by atoms with Crippen molar-refractivity contribution in [2.75, 3.05) is 19.8 Å². The van der Waals surface area contributed by atoms with Crippen LogP contribution in [-0.2, 0) is 18.4 Å². The highest BCUT2D eigenvalue weighted by molar-refractivity contribution is 7.47. The molecular formula is C40H77N2O6P. The second-order valence-electron chi connectivity index (χ2n) is 13.5. The number of rotatable bonds is 37. The van der Waals surface area contributed by atoms with Gasteiger partial charge in [-0.25, -0.2) is 4.57 Å². The largest absolute Gasteiger partial charge is 0.472 e. The lowest BCUT2D eigenvalue weighted by molar-refractivity contribution is -0.123. The molecule has 3 atom stereocenters. The van der Waals surface area contributed by atoms with E-state index in [2.05, 4.69) is 43.5 Å². The number of hydrogen-bond acceptors (Lipinski definition) is 6. The fourth-order valence-corrected chi connectivity index (χ4v) is 6.38. The van der Waals surface area contributed by atoms with Crippen LogP contribution < -0.4 is 11.1 Å². The van der Waals surface area contributed by atoms with Crippen LogP contribution in [0.2, 0.25) is 0 Å². The van der Waals surface area contributed by atoms with Crippen LogP contribution in [0.5, 0.6) is 0 Å². The molecule has 0 heterocycles. The van der Waals surface area contributed by atoms with E-state index in [0.29, 0.717) is 6.42 Å². The topological polar surface area (TPSA) is 131 Å². The normalized spacial score (nSPS) is 14.6. The molecule has 0 saturated carbocycles. The van der Waals surface area contributed by atoms with Crippen LogP contribution in [-0.4, -0.2) is 47.8 Å². The molecular weight excluding hydrogens is 635 g/mol. The van der Waals surface area contributed by atoms with Gasteiger partial charge in [-0.3, -0.25) is 13.8 Å². The van der Waals surface area contributed by atoms with Gasteiger partial charge in [0.05, 0.1) is 25.4 Å². The SMILES string of the molecule is CCC/C=C\CCCCCCCC(=O)NC(COP(=O)(O)OCCN)C(O)/C=C/CC/C=C/CCCCCCCCCCCCCCCC. The van der Waals surface area contributed by atoms with Gasteiger partial charge in [-0.2, -0.15) is 0 Å². The summed E-state index contributed by atoms with van der Waals surface area (Å²) in [6.45, 7) is 4.03. The number of carbonyl (C=O) groups excluding carboxylic acids is 1. The lowest BCUT2D eigenvalue weighted by Gasteiger charge is -2.23. The first-order valence-electron chi connectivity index (χ1n) is 20.1. The number of phosphoric acid groups is 1. The van der Waals surface area contributed by atoms with Crippen molar-refractivity contribution >= 4 is 13.7 Å². The van der Waals surface area contributed by atoms with Crippen molar-refractivity contribution in [3.63, 3.8) is 0 Å². The van der Waals surface area contributed by atoms with Gasteiger partial charge in [-0.05, 0) is 51.4 Å². The van der Waals surface area contributed by atoms with E-state index in [1.165, 1.54) is 96.3 Å². The summed E-state index contributed by atoms with van der Waals surface area (Å²) in [7, 11) is -4.34. The third kappa shape index (κ3) is 34.9. The Bertz CT molecular complexity index is 866. The minimum absolute atomic E-state index is 0.0723. The van der Waals surface area contributed by atoms with Crippen LogP contribution >= 0.6 is 7.82 Å². The summed E-state index contributed by atoms with van der Waals surface area (Å²) in [5.74, 6) is -0.217. The maximum absolute atomic E-state index is 12.6. The van der Waals surface area contributed by atoms with E-state index in [9.17, 15) is 19.4 Å². The molecule has 0 aliphatic heterocycles. The summed E-state index contributed by atoms with van der Waals surface area (Å²) in [6, 6.07) is -0.878. The van der Waals surface area contributed by atoms with Crippen molar-refractivity contribution in [1.82, 2.24) is 5.32 Å². The van der Waals surface area contributed by atoms with E-state index in [1.54, 1.807) is 6.08 Å². The highest BCUT2D eigenvalue weighted by Gasteiger charge is 2.26. The van der Waals surface area contributed by atoms with Crippen LogP contribution in [0, 0.1) is 0 Å². The first-order chi connectivity index (χ1) is 23.9. The Morgan fingerprint density at radius 2 is 1.12 bits per heavy atom. The zero-order valence-electron chi connectivity index (χ0n) is 31.7. The summed E-state index contributed by atoms with van der Waals surface area (Å²) in [6.07, 6.45) is 42.1. The predicted molar refractivity (Wildman–Crippen MR) is 208 cm³/mol. The summed E-state index contributed by atoms with van der Waals surface area (Å²) >= 11 is 0. The fraction of sp³-hybridized carbons (Fsp3) is 0.825. The number of allylic oxidation sites excluding steroid dienone is 5. The molecule has 0 saturated heterocycles. The van der Waals surface area contributed by atoms with Crippen LogP contribution in [0.4, 0.5) is 0 Å². The van der Waals surface area contributed by atoms with Gasteiger partial charge in [0.2, 0.25) is 5.91 Å². The second-order valence-corrected chi connectivity index (χ2v) is 14.9. The van der Waals surface area contributed by atoms with Gasteiger partial charge >= 0.3 is 7.82 Å². The highest BCUT2D eigenvalue weighted by Crippen LogP contribution is 2.43. The summed E-state index contributed by atoms with van der Waals surface area (Å²) in [5.41, 5.74) is 5.35. The van der Waals surface area contributed by atoms with Crippen LogP contribution in [0.3, 0.4) is 0 Å². The molecule has 0 aromatic carbocycles. The third-order valence-corrected chi connectivity index (χ3v) is 9.65. The van der Waals surface area contributed by atoms with Gasteiger partial charge in [-0.15, -0.1) is 0 Å². The number of carbonyl (C=O) groups is 1. The molecule has 0 spiro atoms. The number of aliphatic hydroxyl groups is 1. The number of phosphoric ester groups is 1. The molecule has 0 aromatic heterocycles. The number of nitrogens with one attached hydrogen (secondary N) is 1. The van der Waals surface area contributed by atoms with Crippen LogP contribution in [0.15, 0.2) is 36.5 Å². The standard InChI is InChI=1S/C40H77N2O6P/c1-3-5-7-9-11-13-15-16-17-18-19-20-21-22-23-24-25-27-29-31-33-39(43)38(37-48-49(45,46)47-36-35-41)42-40(44)34-32-30-28-26-14-12-10-8-6-4-2/h8,10,24-25,31,33,38-39,43H,3-7,9,11-23,26-30,32,34-37,41H2,1-2H3,(H,42,44)(H,45,46)/b10-8-,25-24+,33-31+. The molecule has 0 aliphatic rings. The molecule has 0 radical (unpaired) electrons. The van der Waals surface area contributed by atoms with E-state index in [4.69, 9.17) is 14.8 Å². The van der Waals surface area contributed by atoms with Crippen molar-refractivity contribution in [2.45, 2.75) is 193 Å². The van der Waals surface area contributed by atoms with Crippen molar-refractivity contribution in [1.29, 1.82) is 0 Å². The highest BCUT2D eigenvalue weighted by atomic mass is 31.2. The van der Waals surface area contributed by atoms with Crippen molar-refractivity contribution in [3.05, 3.63) is 36.5 Å². The molecule has 8 nitrogen and oxygen atoms in total. The van der Waals surface area contributed by atoms with E-state index < -0.39 is 20.0 Å². The Morgan fingerprint density at radius 1 is 0.653 bits per heavy atom. The Labute approximate surface area is 301 Å². The molecule has 0 aromatic rings. The summed E-state index contributed by atoms with van der Waals surface area (Å²) in [4.78, 5) is 22.5. The van der Waals surface area contributed by atoms with Gasteiger partial charge in [0, 0.05) is 13.0 Å². The monoisotopic (exact) mass is 713 g/mol. The molecule has 5 N–H and O–H groups in total. The molecule has 0 rings (SSSR count).